The summed E-state index contributed by atoms with van der Waals surface area (Å²) in [6.07, 6.45) is -0.247. The highest BCUT2D eigenvalue weighted by atomic mass is 32.2. The number of non-ortho nitro benzene ring substituents is 1. The fraction of sp³-hybridized carbons (Fsp3) is 0.300. The van der Waals surface area contributed by atoms with Crippen LogP contribution in [-0.2, 0) is 14.8 Å². The molecule has 0 saturated heterocycles. The third-order valence-corrected chi connectivity index (χ3v) is 3.49. The van der Waals surface area contributed by atoms with Crippen LogP contribution in [0.4, 0.5) is 11.4 Å². The van der Waals surface area contributed by atoms with Crippen LogP contribution in [0.5, 0.6) is 0 Å². The Hall–Kier alpha value is -2.20. The first-order valence-electron chi connectivity index (χ1n) is 5.37. The molecule has 0 radical (unpaired) electrons. The molecule has 0 atom stereocenters. The third kappa shape index (κ3) is 3.90. The molecule has 0 aliphatic carbocycles. The van der Waals surface area contributed by atoms with Crippen LogP contribution >= 0.6 is 0 Å². The van der Waals surface area contributed by atoms with E-state index in [-0.39, 0.29) is 29.2 Å². The molecular formula is C10H13N3O6S. The van der Waals surface area contributed by atoms with Gasteiger partial charge in [0.25, 0.3) is 5.69 Å². The van der Waals surface area contributed by atoms with Crippen molar-refractivity contribution in [2.24, 2.45) is 5.14 Å². The minimum atomic E-state index is -4.07. The maximum absolute atomic E-state index is 11.4. The van der Waals surface area contributed by atoms with E-state index < -0.39 is 20.9 Å². The number of primary sulfonamides is 1. The standard InChI is InChI=1S/C10H13N3O6S/c1-12(5-4-10(14)15)8-6-7(13(16)17)2-3-9(8)20(11,18)19/h2-3,6H,4-5H2,1H3,(H,14,15)(H2,11,18,19). The average Bonchev–Trinajstić information content (AvgIpc) is 2.33. The van der Waals surface area contributed by atoms with Gasteiger partial charge in [0, 0.05) is 25.7 Å². The van der Waals surface area contributed by atoms with Gasteiger partial charge in [-0.3, -0.25) is 14.9 Å². The van der Waals surface area contributed by atoms with Gasteiger partial charge in [-0.05, 0) is 6.07 Å². The van der Waals surface area contributed by atoms with Crippen molar-refractivity contribution in [2.75, 3.05) is 18.5 Å². The zero-order valence-electron chi connectivity index (χ0n) is 10.5. The van der Waals surface area contributed by atoms with E-state index in [4.69, 9.17) is 10.2 Å². The van der Waals surface area contributed by atoms with E-state index in [9.17, 15) is 23.3 Å². The van der Waals surface area contributed by atoms with Gasteiger partial charge in [0.15, 0.2) is 0 Å². The number of anilines is 1. The molecule has 1 rings (SSSR count). The number of sulfonamides is 1. The van der Waals surface area contributed by atoms with E-state index in [1.165, 1.54) is 11.9 Å². The van der Waals surface area contributed by atoms with Gasteiger partial charge in [-0.1, -0.05) is 0 Å². The molecule has 1 aromatic rings. The molecule has 0 aliphatic heterocycles. The van der Waals surface area contributed by atoms with E-state index in [0.29, 0.717) is 0 Å². The molecular weight excluding hydrogens is 290 g/mol. The number of rotatable bonds is 6. The van der Waals surface area contributed by atoms with Gasteiger partial charge >= 0.3 is 5.97 Å². The molecule has 0 unspecified atom stereocenters. The number of aliphatic carboxylic acids is 1. The van der Waals surface area contributed by atoms with Gasteiger partial charge in [0.05, 0.1) is 17.0 Å². The average molecular weight is 303 g/mol. The van der Waals surface area contributed by atoms with Crippen LogP contribution in [0.25, 0.3) is 0 Å². The second-order valence-electron chi connectivity index (χ2n) is 4.02. The molecule has 110 valence electrons. The number of hydrogen-bond acceptors (Lipinski definition) is 6. The number of carboxylic acids is 1. The zero-order valence-corrected chi connectivity index (χ0v) is 11.3. The van der Waals surface area contributed by atoms with Crippen molar-refractivity contribution in [3.63, 3.8) is 0 Å². The summed E-state index contributed by atoms with van der Waals surface area (Å²) in [4.78, 5) is 21.5. The van der Waals surface area contributed by atoms with Gasteiger partial charge in [0.1, 0.15) is 4.90 Å². The van der Waals surface area contributed by atoms with E-state index in [0.717, 1.165) is 18.2 Å². The Balaban J connectivity index is 3.28. The van der Waals surface area contributed by atoms with Crippen molar-refractivity contribution in [3.05, 3.63) is 28.3 Å². The van der Waals surface area contributed by atoms with Crippen molar-refractivity contribution in [1.82, 2.24) is 0 Å². The number of nitrogens with zero attached hydrogens (tertiary/aromatic N) is 2. The van der Waals surface area contributed by atoms with Crippen LogP contribution in [0.2, 0.25) is 0 Å². The van der Waals surface area contributed by atoms with E-state index in [2.05, 4.69) is 0 Å². The molecule has 0 fully saturated rings. The number of nitro groups is 1. The van der Waals surface area contributed by atoms with Crippen molar-refractivity contribution in [2.45, 2.75) is 11.3 Å². The lowest BCUT2D eigenvalue weighted by molar-refractivity contribution is -0.384. The topological polar surface area (TPSA) is 144 Å². The van der Waals surface area contributed by atoms with Crippen LogP contribution < -0.4 is 10.0 Å². The molecule has 0 bridgehead atoms. The second-order valence-corrected chi connectivity index (χ2v) is 5.55. The Bertz CT molecular complexity index is 642. The van der Waals surface area contributed by atoms with E-state index >= 15 is 0 Å². The molecule has 3 N–H and O–H groups in total. The molecule has 0 heterocycles. The molecule has 1 aromatic carbocycles. The van der Waals surface area contributed by atoms with E-state index in [1.807, 2.05) is 0 Å². The number of carbonyl (C=O) groups is 1. The molecule has 10 heteroatoms. The van der Waals surface area contributed by atoms with E-state index in [1.54, 1.807) is 0 Å². The van der Waals surface area contributed by atoms with Crippen molar-refractivity contribution in [3.8, 4) is 0 Å². The number of nitrogens with two attached hydrogens (primary N) is 1. The highest BCUT2D eigenvalue weighted by Crippen LogP contribution is 2.28. The van der Waals surface area contributed by atoms with Gasteiger partial charge in [-0.15, -0.1) is 0 Å². The van der Waals surface area contributed by atoms with Crippen molar-refractivity contribution < 1.29 is 23.2 Å². The first kappa shape index (κ1) is 15.9. The fourth-order valence-electron chi connectivity index (χ4n) is 1.54. The summed E-state index contributed by atoms with van der Waals surface area (Å²) in [6.45, 7) is -0.0149. The van der Waals surface area contributed by atoms with Crippen LogP contribution in [0.3, 0.4) is 0 Å². The predicted octanol–water partition coefficient (Wildman–Crippen LogP) is 0.153. The molecule has 0 aliphatic rings. The summed E-state index contributed by atoms with van der Waals surface area (Å²) >= 11 is 0. The first-order valence-corrected chi connectivity index (χ1v) is 6.91. The quantitative estimate of drug-likeness (QED) is 0.562. The number of carboxylic acid groups (broad SMARTS) is 1. The molecule has 9 nitrogen and oxygen atoms in total. The van der Waals surface area contributed by atoms with Gasteiger partial charge < -0.3 is 10.0 Å². The van der Waals surface area contributed by atoms with Crippen LogP contribution in [0.1, 0.15) is 6.42 Å². The summed E-state index contributed by atoms with van der Waals surface area (Å²) in [5.41, 5.74) is -0.322. The molecule has 0 spiro atoms. The Morgan fingerprint density at radius 3 is 2.55 bits per heavy atom. The summed E-state index contributed by atoms with van der Waals surface area (Å²) in [7, 11) is -2.64. The fourth-order valence-corrected chi connectivity index (χ4v) is 2.31. The maximum Gasteiger partial charge on any atom is 0.305 e. The second kappa shape index (κ2) is 5.84. The molecule has 0 amide bonds. The lowest BCUT2D eigenvalue weighted by Crippen LogP contribution is -2.24. The van der Waals surface area contributed by atoms with Gasteiger partial charge in [-0.2, -0.15) is 0 Å². The first-order chi connectivity index (χ1) is 9.12. The smallest absolute Gasteiger partial charge is 0.305 e. The van der Waals surface area contributed by atoms with Crippen LogP contribution in [-0.4, -0.2) is 38.0 Å². The Morgan fingerprint density at radius 2 is 2.10 bits per heavy atom. The minimum absolute atomic E-state index is 0.0112. The van der Waals surface area contributed by atoms with Crippen LogP contribution in [0.15, 0.2) is 23.1 Å². The highest BCUT2D eigenvalue weighted by Gasteiger charge is 2.20. The number of hydrogen-bond donors (Lipinski definition) is 2. The largest absolute Gasteiger partial charge is 0.481 e. The lowest BCUT2D eigenvalue weighted by Gasteiger charge is -2.20. The number of benzene rings is 1. The third-order valence-electron chi connectivity index (χ3n) is 2.53. The molecule has 0 aromatic heterocycles. The van der Waals surface area contributed by atoms with Gasteiger partial charge in [0.2, 0.25) is 10.0 Å². The summed E-state index contributed by atoms with van der Waals surface area (Å²) < 4.78 is 22.9. The molecule has 0 saturated carbocycles. The Labute approximate surface area is 114 Å². The normalized spacial score (nSPS) is 11.1. The Kier molecular flexibility index (Phi) is 4.63. The highest BCUT2D eigenvalue weighted by molar-refractivity contribution is 7.89. The summed E-state index contributed by atoms with van der Waals surface area (Å²) in [5.74, 6) is -1.07. The SMILES string of the molecule is CN(CCC(=O)O)c1cc([N+](=O)[O-])ccc1S(N)(=O)=O. The maximum atomic E-state index is 11.4. The van der Waals surface area contributed by atoms with Crippen molar-refractivity contribution >= 4 is 27.4 Å². The lowest BCUT2D eigenvalue weighted by atomic mass is 10.2. The molecule has 20 heavy (non-hydrogen) atoms. The zero-order chi connectivity index (χ0) is 15.5. The summed E-state index contributed by atoms with van der Waals surface area (Å²) in [5, 5.41) is 24.4. The van der Waals surface area contributed by atoms with Crippen LogP contribution in [0, 0.1) is 10.1 Å². The van der Waals surface area contributed by atoms with Crippen molar-refractivity contribution in [1.29, 1.82) is 0 Å². The monoisotopic (exact) mass is 303 g/mol. The Morgan fingerprint density at radius 1 is 1.50 bits per heavy atom. The number of nitro benzene ring substituents is 1. The summed E-state index contributed by atoms with van der Waals surface area (Å²) in [6, 6.07) is 3.09. The predicted molar refractivity (Wildman–Crippen MR) is 70.0 cm³/mol. The minimum Gasteiger partial charge on any atom is -0.481 e. The van der Waals surface area contributed by atoms with Gasteiger partial charge in [-0.25, -0.2) is 13.6 Å².